The highest BCUT2D eigenvalue weighted by Gasteiger charge is 2.28. The Morgan fingerprint density at radius 1 is 0.806 bits per heavy atom. The summed E-state index contributed by atoms with van der Waals surface area (Å²) in [5.41, 5.74) is -1.56. The van der Waals surface area contributed by atoms with Crippen molar-refractivity contribution in [3.05, 3.63) is 59.2 Å². The van der Waals surface area contributed by atoms with Gasteiger partial charge in [0.2, 0.25) is 17.4 Å². The van der Waals surface area contributed by atoms with E-state index in [0.29, 0.717) is 6.07 Å². The Labute approximate surface area is 171 Å². The predicted molar refractivity (Wildman–Crippen MR) is 94.6 cm³/mol. The molecule has 0 aliphatic heterocycles. The van der Waals surface area contributed by atoms with Gasteiger partial charge in [0, 0.05) is 11.5 Å². The Bertz CT molecular complexity index is 1480. The van der Waals surface area contributed by atoms with Crippen LogP contribution in [0.2, 0.25) is 0 Å². The zero-order chi connectivity index (χ0) is 23.3. The molecule has 8 nitrogen and oxygen atoms in total. The lowest BCUT2D eigenvalue weighted by Gasteiger charge is -2.14. The smallest absolute Gasteiger partial charge is 0.294 e. The van der Waals surface area contributed by atoms with Crippen molar-refractivity contribution in [2.45, 2.75) is 9.79 Å². The summed E-state index contributed by atoms with van der Waals surface area (Å²) in [7, 11) is -9.72. The molecule has 14 heteroatoms. The van der Waals surface area contributed by atoms with Crippen molar-refractivity contribution < 1.29 is 48.2 Å². The van der Waals surface area contributed by atoms with E-state index >= 15 is 0 Å². The van der Waals surface area contributed by atoms with Crippen LogP contribution in [0.15, 0.2) is 40.1 Å². The summed E-state index contributed by atoms with van der Waals surface area (Å²) in [5.74, 6) is -10.8. The molecule has 0 fully saturated rings. The number of benzene rings is 3. The third kappa shape index (κ3) is 4.03. The van der Waals surface area contributed by atoms with Gasteiger partial charge in [-0.25, -0.2) is 8.78 Å². The molecule has 0 spiro atoms. The molecule has 0 aromatic heterocycles. The minimum absolute atomic E-state index is 0.219. The number of hydrogen-bond donors (Lipinski definition) is 2. The Morgan fingerprint density at radius 3 is 1.81 bits per heavy atom. The molecule has 2 N–H and O–H groups in total. The molecular formula is C17H7F4NO7S2. The summed E-state index contributed by atoms with van der Waals surface area (Å²) < 4.78 is 125. The normalized spacial score (nSPS) is 12.0. The predicted octanol–water partition coefficient (Wildman–Crippen LogP) is 3.55. The second-order valence-electron chi connectivity index (χ2n) is 5.93. The topological polar surface area (TPSA) is 142 Å². The van der Waals surface area contributed by atoms with Crippen LogP contribution in [0.3, 0.4) is 0 Å². The zero-order valence-corrected chi connectivity index (χ0v) is 16.2. The second-order valence-corrected chi connectivity index (χ2v) is 8.77. The number of rotatable bonds is 4. The van der Waals surface area contributed by atoms with E-state index < -0.39 is 70.4 Å². The molecule has 0 aliphatic carbocycles. The van der Waals surface area contributed by atoms with Crippen molar-refractivity contribution in [3.63, 3.8) is 0 Å². The molecule has 0 amide bonds. The Hall–Kier alpha value is -3.25. The van der Waals surface area contributed by atoms with Gasteiger partial charge in [-0.2, -0.15) is 30.9 Å². The van der Waals surface area contributed by atoms with Crippen LogP contribution in [0.25, 0.3) is 10.8 Å². The average molecular weight is 477 g/mol. The first-order chi connectivity index (χ1) is 14.3. The van der Waals surface area contributed by atoms with Gasteiger partial charge in [0.15, 0.2) is 11.6 Å². The first-order valence-electron chi connectivity index (χ1n) is 7.72. The zero-order valence-electron chi connectivity index (χ0n) is 14.6. The summed E-state index contributed by atoms with van der Waals surface area (Å²) in [5, 5.41) is 8.09. The number of halogens is 4. The monoisotopic (exact) mass is 477 g/mol. The second kappa shape index (κ2) is 7.46. The van der Waals surface area contributed by atoms with Gasteiger partial charge in [0.05, 0.1) is 9.79 Å². The fraction of sp³-hybridized carbons (Fsp3) is 0. The number of fused-ring (bicyclic) bond motifs is 1. The molecule has 0 atom stereocenters. The molecule has 0 bridgehead atoms. The number of nitrogens with zero attached hydrogens (tertiary/aromatic N) is 1. The van der Waals surface area contributed by atoms with Crippen LogP contribution in [0.5, 0.6) is 11.5 Å². The van der Waals surface area contributed by atoms with E-state index in [2.05, 4.69) is 0 Å². The summed E-state index contributed by atoms with van der Waals surface area (Å²) in [4.78, 5) is -1.64. The van der Waals surface area contributed by atoms with Crippen LogP contribution in [0, 0.1) is 34.6 Å². The third-order valence-electron chi connectivity index (χ3n) is 4.00. The molecule has 0 radical (unpaired) electrons. The maximum atomic E-state index is 14.2. The molecule has 0 saturated carbocycles. The fourth-order valence-corrected chi connectivity index (χ4v) is 3.64. The highest BCUT2D eigenvalue weighted by atomic mass is 32.2. The summed E-state index contributed by atoms with van der Waals surface area (Å²) in [6, 6.07) is 4.75. The summed E-state index contributed by atoms with van der Waals surface area (Å²) in [6.45, 7) is 0. The molecule has 31 heavy (non-hydrogen) atoms. The molecule has 0 unspecified atom stereocenters. The molecule has 0 aliphatic rings. The number of nitriles is 1. The standard InChI is InChI=1S/C17H7F4NO7S2/c18-13-11(6-22)14(19)16(21)17(15(13)20)29-12-5-9(31(26,27)28)4-7-3-8(30(23,24)25)1-2-10(7)12/h1-5H,(H,23,24,25)(H,26,27,28). The van der Waals surface area contributed by atoms with Crippen LogP contribution in [-0.2, 0) is 20.2 Å². The van der Waals surface area contributed by atoms with Crippen molar-refractivity contribution >= 4 is 31.0 Å². The number of hydrogen-bond acceptors (Lipinski definition) is 6. The quantitative estimate of drug-likeness (QED) is 0.330. The van der Waals surface area contributed by atoms with Crippen molar-refractivity contribution in [1.82, 2.24) is 0 Å². The van der Waals surface area contributed by atoms with Gasteiger partial charge in [-0.3, -0.25) is 9.11 Å². The lowest BCUT2D eigenvalue weighted by atomic mass is 10.1. The van der Waals surface area contributed by atoms with Crippen LogP contribution in [0.1, 0.15) is 5.56 Å². The van der Waals surface area contributed by atoms with Gasteiger partial charge in [-0.1, -0.05) is 0 Å². The van der Waals surface area contributed by atoms with Crippen molar-refractivity contribution in [3.8, 4) is 17.6 Å². The minimum atomic E-state index is -4.98. The first-order valence-corrected chi connectivity index (χ1v) is 10.6. The molecular weight excluding hydrogens is 470 g/mol. The third-order valence-corrected chi connectivity index (χ3v) is 5.68. The lowest BCUT2D eigenvalue weighted by Crippen LogP contribution is -2.05. The van der Waals surface area contributed by atoms with Gasteiger partial charge in [0.25, 0.3) is 20.2 Å². The van der Waals surface area contributed by atoms with Crippen molar-refractivity contribution in [2.24, 2.45) is 0 Å². The van der Waals surface area contributed by atoms with Gasteiger partial charge in [-0.15, -0.1) is 0 Å². The number of ether oxygens (including phenoxy) is 1. The SMILES string of the molecule is N#Cc1c(F)c(F)c(Oc2cc(S(=O)(=O)O)cc3cc(S(=O)(=O)O)ccc23)c(F)c1F. The first kappa shape index (κ1) is 22.4. The molecule has 3 aromatic carbocycles. The largest absolute Gasteiger partial charge is 0.450 e. The van der Waals surface area contributed by atoms with Crippen molar-refractivity contribution in [2.75, 3.05) is 0 Å². The summed E-state index contributed by atoms with van der Waals surface area (Å²) in [6.07, 6.45) is 0. The lowest BCUT2D eigenvalue weighted by molar-refractivity contribution is 0.366. The summed E-state index contributed by atoms with van der Waals surface area (Å²) >= 11 is 0. The molecule has 0 saturated heterocycles. The fourth-order valence-electron chi connectivity index (χ4n) is 2.59. The Morgan fingerprint density at radius 2 is 1.32 bits per heavy atom. The highest BCUT2D eigenvalue weighted by Crippen LogP contribution is 2.38. The molecule has 3 aromatic rings. The van der Waals surface area contributed by atoms with E-state index in [0.717, 1.165) is 30.3 Å². The van der Waals surface area contributed by atoms with Gasteiger partial charge in [-0.05, 0) is 29.7 Å². The van der Waals surface area contributed by atoms with Gasteiger partial charge >= 0.3 is 0 Å². The van der Waals surface area contributed by atoms with Crippen molar-refractivity contribution in [1.29, 1.82) is 5.26 Å². The van der Waals surface area contributed by atoms with E-state index in [9.17, 15) is 39.0 Å². The van der Waals surface area contributed by atoms with Crippen LogP contribution >= 0.6 is 0 Å². The molecule has 0 heterocycles. The average Bonchev–Trinajstić information content (AvgIpc) is 2.68. The van der Waals surface area contributed by atoms with E-state index in [-0.39, 0.29) is 10.8 Å². The molecule has 3 rings (SSSR count). The van der Waals surface area contributed by atoms with E-state index in [1.54, 1.807) is 0 Å². The van der Waals surface area contributed by atoms with E-state index in [4.69, 9.17) is 14.6 Å². The molecule has 162 valence electrons. The van der Waals surface area contributed by atoms with E-state index in [1.807, 2.05) is 0 Å². The highest BCUT2D eigenvalue weighted by molar-refractivity contribution is 7.86. The maximum absolute atomic E-state index is 14.2. The Balaban J connectivity index is 2.34. The van der Waals surface area contributed by atoms with E-state index in [1.165, 1.54) is 0 Å². The van der Waals surface area contributed by atoms with Crippen LogP contribution in [0.4, 0.5) is 17.6 Å². The minimum Gasteiger partial charge on any atom is -0.450 e. The maximum Gasteiger partial charge on any atom is 0.294 e. The Kier molecular flexibility index (Phi) is 5.40. The van der Waals surface area contributed by atoms with Crippen LogP contribution < -0.4 is 4.74 Å². The van der Waals surface area contributed by atoms with Crippen LogP contribution in [-0.4, -0.2) is 25.9 Å². The van der Waals surface area contributed by atoms with Gasteiger partial charge < -0.3 is 4.74 Å². The van der Waals surface area contributed by atoms with Gasteiger partial charge in [0.1, 0.15) is 17.4 Å².